The molecule has 0 saturated carbocycles. The third kappa shape index (κ3) is 5.05. The molecule has 1 heterocycles. The highest BCUT2D eigenvalue weighted by Crippen LogP contribution is 2.28. The van der Waals surface area contributed by atoms with E-state index in [0.717, 1.165) is 25.3 Å². The molecular formula is C14H26ClN3O2. The molecule has 0 aliphatic carbocycles. The average Bonchev–Trinajstić information content (AvgIpc) is 2.77. The monoisotopic (exact) mass is 303 g/mol. The Kier molecular flexibility index (Phi) is 8.14. The lowest BCUT2D eigenvalue weighted by Crippen LogP contribution is -2.27. The van der Waals surface area contributed by atoms with Gasteiger partial charge in [-0.05, 0) is 18.9 Å². The summed E-state index contributed by atoms with van der Waals surface area (Å²) in [6.45, 7) is 7.23. The molecule has 1 N–H and O–H groups in total. The van der Waals surface area contributed by atoms with Crippen LogP contribution in [0.5, 0.6) is 0 Å². The Labute approximate surface area is 126 Å². The van der Waals surface area contributed by atoms with Crippen LogP contribution in [0.1, 0.15) is 32.0 Å². The maximum Gasteiger partial charge on any atom is 0.0834 e. The topological polar surface area (TPSA) is 48.3 Å². The molecule has 1 rings (SSSR count). The quantitative estimate of drug-likeness (QED) is 0.721. The first-order valence-electron chi connectivity index (χ1n) is 7.06. The Morgan fingerprint density at radius 1 is 1.40 bits per heavy atom. The third-order valence-electron chi connectivity index (χ3n) is 3.21. The predicted octanol–water partition coefficient (Wildman–Crippen LogP) is 2.51. The van der Waals surface area contributed by atoms with Gasteiger partial charge in [0.2, 0.25) is 0 Å². The van der Waals surface area contributed by atoms with Gasteiger partial charge in [0, 0.05) is 20.8 Å². The Morgan fingerprint density at radius 3 is 2.75 bits per heavy atom. The Hall–Kier alpha value is -0.620. The summed E-state index contributed by atoms with van der Waals surface area (Å²) < 4.78 is 12.3. The highest BCUT2D eigenvalue weighted by molar-refractivity contribution is 6.31. The molecule has 0 fully saturated rings. The molecule has 2 atom stereocenters. The first kappa shape index (κ1) is 17.4. The van der Waals surface area contributed by atoms with Crippen LogP contribution in [0.3, 0.4) is 0 Å². The van der Waals surface area contributed by atoms with Crippen LogP contribution in [0.2, 0.25) is 5.02 Å². The molecule has 6 heteroatoms. The first-order valence-corrected chi connectivity index (χ1v) is 7.44. The number of hydrogen-bond donors (Lipinski definition) is 1. The number of ether oxygens (including phenoxy) is 2. The van der Waals surface area contributed by atoms with E-state index in [1.807, 2.05) is 4.68 Å². The smallest absolute Gasteiger partial charge is 0.0834 e. The van der Waals surface area contributed by atoms with Crippen molar-refractivity contribution in [1.82, 2.24) is 15.1 Å². The van der Waals surface area contributed by atoms with Crippen molar-refractivity contribution in [2.45, 2.75) is 32.9 Å². The van der Waals surface area contributed by atoms with Gasteiger partial charge in [0.15, 0.2) is 0 Å². The minimum absolute atomic E-state index is 0.178. The predicted molar refractivity (Wildman–Crippen MR) is 81.2 cm³/mol. The van der Waals surface area contributed by atoms with Crippen LogP contribution >= 0.6 is 11.6 Å². The van der Waals surface area contributed by atoms with E-state index in [1.165, 1.54) is 0 Å². The first-order chi connectivity index (χ1) is 9.63. The van der Waals surface area contributed by atoms with Gasteiger partial charge in [-0.1, -0.05) is 25.4 Å². The van der Waals surface area contributed by atoms with Crippen LogP contribution in [0.15, 0.2) is 6.20 Å². The molecule has 1 aromatic heterocycles. The number of aromatic nitrogens is 2. The van der Waals surface area contributed by atoms with Gasteiger partial charge < -0.3 is 14.8 Å². The maximum atomic E-state index is 6.32. The number of hydrogen-bond acceptors (Lipinski definition) is 4. The molecule has 0 aromatic carbocycles. The minimum Gasteiger partial charge on any atom is -0.384 e. The standard InChI is InChI=1S/C14H26ClN3O2/c1-5-16-13(8-11(2)10-20-4)14-12(15)9-17-18(14)6-7-19-3/h9,11,13,16H,5-8,10H2,1-4H3. The zero-order chi connectivity index (χ0) is 15.0. The maximum absolute atomic E-state index is 6.32. The second-order valence-corrected chi connectivity index (χ2v) is 5.41. The zero-order valence-corrected chi connectivity index (χ0v) is 13.6. The van der Waals surface area contributed by atoms with Crippen LogP contribution in [-0.4, -0.2) is 43.8 Å². The van der Waals surface area contributed by atoms with Crippen LogP contribution in [0.25, 0.3) is 0 Å². The minimum atomic E-state index is 0.178. The van der Waals surface area contributed by atoms with E-state index in [2.05, 4.69) is 24.3 Å². The summed E-state index contributed by atoms with van der Waals surface area (Å²) in [5, 5.41) is 8.54. The number of rotatable bonds is 10. The molecule has 20 heavy (non-hydrogen) atoms. The highest BCUT2D eigenvalue weighted by atomic mass is 35.5. The fourth-order valence-corrected chi connectivity index (χ4v) is 2.64. The summed E-state index contributed by atoms with van der Waals surface area (Å²) in [6, 6.07) is 0.178. The summed E-state index contributed by atoms with van der Waals surface area (Å²) in [7, 11) is 3.42. The second-order valence-electron chi connectivity index (χ2n) is 5.00. The van der Waals surface area contributed by atoms with Gasteiger partial charge in [-0.25, -0.2) is 0 Å². The van der Waals surface area contributed by atoms with E-state index in [4.69, 9.17) is 21.1 Å². The van der Waals surface area contributed by atoms with Crippen molar-refractivity contribution in [3.05, 3.63) is 16.9 Å². The molecular weight excluding hydrogens is 278 g/mol. The van der Waals surface area contributed by atoms with Gasteiger partial charge in [0.1, 0.15) is 0 Å². The Bertz CT molecular complexity index is 384. The number of nitrogens with one attached hydrogen (secondary N) is 1. The van der Waals surface area contributed by atoms with Gasteiger partial charge in [0.25, 0.3) is 0 Å². The van der Waals surface area contributed by atoms with E-state index < -0.39 is 0 Å². The van der Waals surface area contributed by atoms with Crippen LogP contribution in [0, 0.1) is 5.92 Å². The van der Waals surface area contributed by atoms with Crippen molar-refractivity contribution in [1.29, 1.82) is 0 Å². The van der Waals surface area contributed by atoms with E-state index in [9.17, 15) is 0 Å². The fourth-order valence-electron chi connectivity index (χ4n) is 2.37. The molecule has 116 valence electrons. The lowest BCUT2D eigenvalue weighted by Gasteiger charge is -2.23. The average molecular weight is 304 g/mol. The summed E-state index contributed by atoms with van der Waals surface area (Å²) in [5.41, 5.74) is 1.04. The highest BCUT2D eigenvalue weighted by Gasteiger charge is 2.21. The van der Waals surface area contributed by atoms with Crippen molar-refractivity contribution in [2.75, 3.05) is 34.0 Å². The van der Waals surface area contributed by atoms with Gasteiger partial charge in [0.05, 0.1) is 36.1 Å². The lowest BCUT2D eigenvalue weighted by molar-refractivity contribution is 0.148. The molecule has 2 unspecified atom stereocenters. The van der Waals surface area contributed by atoms with Crippen LogP contribution < -0.4 is 5.32 Å². The van der Waals surface area contributed by atoms with Gasteiger partial charge in [-0.2, -0.15) is 5.10 Å². The van der Waals surface area contributed by atoms with Crippen molar-refractivity contribution < 1.29 is 9.47 Å². The van der Waals surface area contributed by atoms with E-state index in [1.54, 1.807) is 20.4 Å². The van der Waals surface area contributed by atoms with Gasteiger partial charge >= 0.3 is 0 Å². The lowest BCUT2D eigenvalue weighted by atomic mass is 10.00. The molecule has 0 radical (unpaired) electrons. The van der Waals surface area contributed by atoms with Crippen molar-refractivity contribution in [3.63, 3.8) is 0 Å². The molecule has 5 nitrogen and oxygen atoms in total. The normalized spacial score (nSPS) is 14.4. The third-order valence-corrected chi connectivity index (χ3v) is 3.50. The van der Waals surface area contributed by atoms with Crippen LogP contribution in [-0.2, 0) is 16.0 Å². The second kappa shape index (κ2) is 9.34. The fraction of sp³-hybridized carbons (Fsp3) is 0.786. The summed E-state index contributed by atoms with van der Waals surface area (Å²) in [6.07, 6.45) is 2.66. The molecule has 1 aromatic rings. The molecule has 0 bridgehead atoms. The molecule has 0 aliphatic rings. The van der Waals surface area contributed by atoms with Crippen molar-refractivity contribution >= 4 is 11.6 Å². The van der Waals surface area contributed by atoms with E-state index in [-0.39, 0.29) is 6.04 Å². The van der Waals surface area contributed by atoms with Crippen molar-refractivity contribution in [2.24, 2.45) is 5.92 Å². The largest absolute Gasteiger partial charge is 0.384 e. The number of nitrogens with zero attached hydrogens (tertiary/aromatic N) is 2. The molecule has 0 aliphatic heterocycles. The van der Waals surface area contributed by atoms with E-state index in [0.29, 0.717) is 24.1 Å². The van der Waals surface area contributed by atoms with Crippen molar-refractivity contribution in [3.8, 4) is 0 Å². The Balaban J connectivity index is 2.86. The van der Waals surface area contributed by atoms with Gasteiger partial charge in [-0.3, -0.25) is 4.68 Å². The van der Waals surface area contributed by atoms with E-state index >= 15 is 0 Å². The zero-order valence-electron chi connectivity index (χ0n) is 12.9. The summed E-state index contributed by atoms with van der Waals surface area (Å²) in [5.74, 6) is 0.450. The molecule has 0 amide bonds. The summed E-state index contributed by atoms with van der Waals surface area (Å²) in [4.78, 5) is 0. The SMILES string of the molecule is CCNC(CC(C)COC)c1c(Cl)cnn1CCOC. The Morgan fingerprint density at radius 2 is 2.15 bits per heavy atom. The summed E-state index contributed by atoms with van der Waals surface area (Å²) >= 11 is 6.32. The van der Waals surface area contributed by atoms with Gasteiger partial charge in [-0.15, -0.1) is 0 Å². The molecule has 0 saturated heterocycles. The number of halogens is 1. The van der Waals surface area contributed by atoms with Crippen LogP contribution in [0.4, 0.5) is 0 Å². The number of methoxy groups -OCH3 is 2. The molecule has 0 spiro atoms.